The average molecular weight is 433 g/mol. The summed E-state index contributed by atoms with van der Waals surface area (Å²) in [6, 6.07) is 15.4. The predicted octanol–water partition coefficient (Wildman–Crippen LogP) is 4.60. The van der Waals surface area contributed by atoms with E-state index in [1.165, 1.54) is 6.07 Å². The number of aromatic nitrogens is 4. The van der Waals surface area contributed by atoms with E-state index in [0.717, 1.165) is 11.4 Å². The molecule has 0 radical (unpaired) electrons. The molecule has 2 aromatic carbocycles. The topological polar surface area (TPSA) is 85.8 Å². The fourth-order valence-corrected chi connectivity index (χ4v) is 3.31. The molecule has 0 aliphatic heterocycles. The summed E-state index contributed by atoms with van der Waals surface area (Å²) in [7, 11) is 0. The fraction of sp³-hybridized carbons (Fsp3) is 0.250. The minimum atomic E-state index is -0.350. The van der Waals surface area contributed by atoms with Crippen LogP contribution in [0.3, 0.4) is 0 Å². The first-order chi connectivity index (χ1) is 15.2. The van der Waals surface area contributed by atoms with Gasteiger partial charge in [0.25, 0.3) is 11.8 Å². The smallest absolute Gasteiger partial charge is 0.268 e. The summed E-state index contributed by atoms with van der Waals surface area (Å²) >= 11 is 0. The molecule has 2 heterocycles. The molecule has 1 amide bonds. The summed E-state index contributed by atoms with van der Waals surface area (Å²) < 4.78 is 21.2. The van der Waals surface area contributed by atoms with Crippen LogP contribution >= 0.6 is 0 Å². The van der Waals surface area contributed by atoms with E-state index in [9.17, 15) is 9.18 Å². The highest BCUT2D eigenvalue weighted by atomic mass is 19.1. The summed E-state index contributed by atoms with van der Waals surface area (Å²) in [5, 5.41) is 15.4. The molecular formula is C24H24FN5O2. The zero-order chi connectivity index (χ0) is 22.9. The Morgan fingerprint density at radius 3 is 2.56 bits per heavy atom. The lowest BCUT2D eigenvalue weighted by molar-refractivity contribution is 0.0950. The molecule has 2 aromatic heterocycles. The maximum absolute atomic E-state index is 13.8. The van der Waals surface area contributed by atoms with Crippen LogP contribution in [0.25, 0.3) is 17.3 Å². The quantitative estimate of drug-likeness (QED) is 0.497. The molecule has 0 saturated carbocycles. The van der Waals surface area contributed by atoms with Crippen LogP contribution in [0.5, 0.6) is 0 Å². The Morgan fingerprint density at radius 1 is 1.09 bits per heavy atom. The highest BCUT2D eigenvalue weighted by Gasteiger charge is 2.24. The second-order valence-electron chi connectivity index (χ2n) is 8.53. The van der Waals surface area contributed by atoms with Crippen molar-refractivity contribution in [1.82, 2.24) is 25.3 Å². The Morgan fingerprint density at radius 2 is 1.88 bits per heavy atom. The standard InChI is InChI=1S/C24H24FN5O2/c1-15-27-28-23(32-15)20-13-21(24(2,3)4)30(29-20)18-10-7-9-16(12-18)22(31)26-14-17-8-5-6-11-19(17)25/h5-13H,14H2,1-4H3,(H,26,31). The van der Waals surface area contributed by atoms with E-state index in [-0.39, 0.29) is 23.7 Å². The second-order valence-corrected chi connectivity index (χ2v) is 8.53. The van der Waals surface area contributed by atoms with Gasteiger partial charge in [-0.1, -0.05) is 45.0 Å². The number of benzene rings is 2. The maximum Gasteiger partial charge on any atom is 0.268 e. The van der Waals surface area contributed by atoms with Crippen molar-refractivity contribution in [2.75, 3.05) is 0 Å². The predicted molar refractivity (Wildman–Crippen MR) is 118 cm³/mol. The minimum absolute atomic E-state index is 0.103. The molecule has 7 nitrogen and oxygen atoms in total. The molecule has 0 spiro atoms. The van der Waals surface area contributed by atoms with Gasteiger partial charge in [-0.15, -0.1) is 10.2 Å². The summed E-state index contributed by atoms with van der Waals surface area (Å²) in [5.74, 6) is 0.148. The third kappa shape index (κ3) is 4.44. The molecular weight excluding hydrogens is 409 g/mol. The highest BCUT2D eigenvalue weighted by molar-refractivity contribution is 5.94. The van der Waals surface area contributed by atoms with Crippen molar-refractivity contribution in [3.05, 3.63) is 83.1 Å². The van der Waals surface area contributed by atoms with Crippen molar-refractivity contribution in [3.8, 4) is 17.3 Å². The van der Waals surface area contributed by atoms with Crippen molar-refractivity contribution in [3.63, 3.8) is 0 Å². The SMILES string of the molecule is Cc1nnc(-c2cc(C(C)(C)C)n(-c3cccc(C(=O)NCc4ccccc4F)c3)n2)o1. The number of nitrogens with zero attached hydrogens (tertiary/aromatic N) is 4. The number of amides is 1. The average Bonchev–Trinajstić information content (AvgIpc) is 3.39. The summed E-state index contributed by atoms with van der Waals surface area (Å²) in [6.07, 6.45) is 0. The van der Waals surface area contributed by atoms with E-state index in [1.54, 1.807) is 48.0 Å². The molecule has 8 heteroatoms. The van der Waals surface area contributed by atoms with Gasteiger partial charge in [-0.2, -0.15) is 5.10 Å². The van der Waals surface area contributed by atoms with Crippen LogP contribution in [0, 0.1) is 12.7 Å². The first-order valence-electron chi connectivity index (χ1n) is 10.3. The van der Waals surface area contributed by atoms with Crippen molar-refractivity contribution < 1.29 is 13.6 Å². The Kier molecular flexibility index (Phi) is 5.61. The van der Waals surface area contributed by atoms with E-state index in [1.807, 2.05) is 12.1 Å². The Bertz CT molecular complexity index is 1270. The van der Waals surface area contributed by atoms with Crippen LogP contribution in [-0.2, 0) is 12.0 Å². The van der Waals surface area contributed by atoms with Crippen molar-refractivity contribution in [2.24, 2.45) is 0 Å². The number of halogens is 1. The first kappa shape index (κ1) is 21.4. The molecule has 0 atom stereocenters. The lowest BCUT2D eigenvalue weighted by Gasteiger charge is -2.20. The van der Waals surface area contributed by atoms with Gasteiger partial charge in [0.2, 0.25) is 5.89 Å². The molecule has 0 aliphatic carbocycles. The molecule has 4 rings (SSSR count). The summed E-state index contributed by atoms with van der Waals surface area (Å²) in [5.41, 5.74) is 2.85. The van der Waals surface area contributed by atoms with Crippen LogP contribution in [0.1, 0.15) is 48.3 Å². The number of hydrogen-bond acceptors (Lipinski definition) is 5. The van der Waals surface area contributed by atoms with E-state index in [2.05, 4.69) is 41.4 Å². The lowest BCUT2D eigenvalue weighted by Crippen LogP contribution is -2.23. The number of hydrogen-bond donors (Lipinski definition) is 1. The van der Waals surface area contributed by atoms with Gasteiger partial charge in [0, 0.05) is 30.0 Å². The summed E-state index contributed by atoms with van der Waals surface area (Å²) in [4.78, 5) is 12.7. The van der Waals surface area contributed by atoms with Gasteiger partial charge in [-0.05, 0) is 30.3 Å². The Hall–Kier alpha value is -3.81. The molecule has 0 unspecified atom stereocenters. The molecule has 32 heavy (non-hydrogen) atoms. The largest absolute Gasteiger partial charge is 0.420 e. The van der Waals surface area contributed by atoms with Gasteiger partial charge >= 0.3 is 0 Å². The molecule has 4 aromatic rings. The normalized spacial score (nSPS) is 11.5. The second kappa shape index (κ2) is 8.37. The van der Waals surface area contributed by atoms with E-state index >= 15 is 0 Å². The molecule has 0 aliphatic rings. The van der Waals surface area contributed by atoms with Gasteiger partial charge in [-0.3, -0.25) is 4.79 Å². The minimum Gasteiger partial charge on any atom is -0.420 e. The van der Waals surface area contributed by atoms with Gasteiger partial charge in [0.05, 0.1) is 11.4 Å². The zero-order valence-corrected chi connectivity index (χ0v) is 18.4. The monoisotopic (exact) mass is 433 g/mol. The van der Waals surface area contributed by atoms with Crippen molar-refractivity contribution >= 4 is 5.91 Å². The van der Waals surface area contributed by atoms with Crippen LogP contribution in [0.4, 0.5) is 4.39 Å². The van der Waals surface area contributed by atoms with Crippen LogP contribution in [0.2, 0.25) is 0 Å². The maximum atomic E-state index is 13.8. The van der Waals surface area contributed by atoms with Crippen LogP contribution in [0.15, 0.2) is 59.0 Å². The highest BCUT2D eigenvalue weighted by Crippen LogP contribution is 2.29. The third-order valence-corrected chi connectivity index (χ3v) is 4.97. The van der Waals surface area contributed by atoms with Gasteiger partial charge < -0.3 is 9.73 Å². The molecule has 0 bridgehead atoms. The van der Waals surface area contributed by atoms with Gasteiger partial charge in [0.15, 0.2) is 0 Å². The number of carbonyl (C=O) groups is 1. The van der Waals surface area contributed by atoms with Gasteiger partial charge in [-0.25, -0.2) is 9.07 Å². The first-order valence-corrected chi connectivity index (χ1v) is 10.3. The van der Waals surface area contributed by atoms with Crippen LogP contribution < -0.4 is 5.32 Å². The van der Waals surface area contributed by atoms with E-state index < -0.39 is 0 Å². The Balaban J connectivity index is 1.64. The number of nitrogens with one attached hydrogen (secondary N) is 1. The molecule has 164 valence electrons. The zero-order valence-electron chi connectivity index (χ0n) is 18.4. The third-order valence-electron chi connectivity index (χ3n) is 4.97. The molecule has 0 fully saturated rings. The number of carbonyl (C=O) groups excluding carboxylic acids is 1. The van der Waals surface area contributed by atoms with E-state index in [0.29, 0.717) is 28.6 Å². The van der Waals surface area contributed by atoms with Crippen molar-refractivity contribution in [2.45, 2.75) is 39.7 Å². The lowest BCUT2D eigenvalue weighted by atomic mass is 9.91. The molecule has 1 N–H and O–H groups in total. The fourth-order valence-electron chi connectivity index (χ4n) is 3.31. The van der Waals surface area contributed by atoms with Gasteiger partial charge in [0.1, 0.15) is 11.5 Å². The summed E-state index contributed by atoms with van der Waals surface area (Å²) in [6.45, 7) is 8.06. The van der Waals surface area contributed by atoms with E-state index in [4.69, 9.17) is 4.42 Å². The van der Waals surface area contributed by atoms with Crippen LogP contribution in [-0.4, -0.2) is 25.9 Å². The van der Waals surface area contributed by atoms with Crippen molar-refractivity contribution in [1.29, 1.82) is 0 Å². The number of rotatable bonds is 5. The molecule has 0 saturated heterocycles. The Labute approximate surface area is 185 Å². The number of aryl methyl sites for hydroxylation is 1.